The van der Waals surface area contributed by atoms with E-state index in [0.29, 0.717) is 18.3 Å². The molecule has 6 nitrogen and oxygen atoms in total. The Morgan fingerprint density at radius 3 is 2.58 bits per heavy atom. The average Bonchev–Trinajstić information content (AvgIpc) is 3.27. The van der Waals surface area contributed by atoms with E-state index in [9.17, 15) is 9.59 Å². The Hall–Kier alpha value is -2.47. The summed E-state index contributed by atoms with van der Waals surface area (Å²) in [6.45, 7) is 0.704. The molecule has 2 aliphatic rings. The number of nitrogens with zero attached hydrogens (tertiary/aromatic N) is 4. The Bertz CT molecular complexity index is 766. The molecule has 0 N–H and O–H groups in total. The molecule has 24 heavy (non-hydrogen) atoms. The number of aromatic nitrogens is 2. The van der Waals surface area contributed by atoms with Gasteiger partial charge < -0.3 is 0 Å². The lowest BCUT2D eigenvalue weighted by Gasteiger charge is -2.27. The minimum Gasteiger partial charge on any atom is -0.284 e. The van der Waals surface area contributed by atoms with E-state index in [2.05, 4.69) is 22.1 Å². The molecule has 124 valence electrons. The number of anilines is 1. The summed E-state index contributed by atoms with van der Waals surface area (Å²) in [5, 5.41) is 4.07. The van der Waals surface area contributed by atoms with Crippen LogP contribution in [0.3, 0.4) is 0 Å². The van der Waals surface area contributed by atoms with Crippen LogP contribution in [0.4, 0.5) is 5.69 Å². The molecule has 1 aliphatic heterocycles. The number of imide groups is 1. The van der Waals surface area contributed by atoms with Gasteiger partial charge in [0.15, 0.2) is 0 Å². The maximum Gasteiger partial charge on any atom is 0.251 e. The highest BCUT2D eigenvalue weighted by molar-refractivity contribution is 6.22. The highest BCUT2D eigenvalue weighted by atomic mass is 16.2. The van der Waals surface area contributed by atoms with Gasteiger partial charge >= 0.3 is 0 Å². The zero-order chi connectivity index (χ0) is 16.7. The fourth-order valence-corrected chi connectivity index (χ4v) is 3.36. The van der Waals surface area contributed by atoms with Gasteiger partial charge in [0.25, 0.3) is 5.91 Å². The maximum absolute atomic E-state index is 12.9. The van der Waals surface area contributed by atoms with Crippen LogP contribution in [0.25, 0.3) is 0 Å². The van der Waals surface area contributed by atoms with Crippen molar-refractivity contribution in [3.8, 4) is 0 Å². The van der Waals surface area contributed by atoms with E-state index in [4.69, 9.17) is 0 Å². The SMILES string of the molecule is Cn1cc(N2C(=O)C[C@H](N(Cc3ccccc3)C3CC3)C2=O)cn1. The fourth-order valence-electron chi connectivity index (χ4n) is 3.36. The van der Waals surface area contributed by atoms with Crippen LogP contribution in [0.1, 0.15) is 24.8 Å². The van der Waals surface area contributed by atoms with Crippen molar-refractivity contribution in [2.24, 2.45) is 7.05 Å². The van der Waals surface area contributed by atoms with Gasteiger partial charge in [0.1, 0.15) is 0 Å². The first-order chi connectivity index (χ1) is 11.6. The fraction of sp³-hybridized carbons (Fsp3) is 0.389. The molecular formula is C18H20N4O2. The number of rotatable bonds is 5. The number of carbonyl (C=O) groups excluding carboxylic acids is 2. The molecule has 1 saturated carbocycles. The predicted octanol–water partition coefficient (Wildman–Crippen LogP) is 1.72. The summed E-state index contributed by atoms with van der Waals surface area (Å²) in [6, 6.07) is 10.2. The average molecular weight is 324 g/mol. The van der Waals surface area contributed by atoms with Gasteiger partial charge in [-0.3, -0.25) is 19.2 Å². The van der Waals surface area contributed by atoms with Crippen LogP contribution in [-0.2, 0) is 23.2 Å². The van der Waals surface area contributed by atoms with E-state index in [0.717, 1.165) is 12.8 Å². The van der Waals surface area contributed by atoms with Gasteiger partial charge in [-0.25, -0.2) is 4.90 Å². The lowest BCUT2D eigenvalue weighted by Crippen LogP contribution is -2.43. The van der Waals surface area contributed by atoms with Crippen LogP contribution in [0.15, 0.2) is 42.7 Å². The van der Waals surface area contributed by atoms with E-state index in [1.54, 1.807) is 24.1 Å². The third kappa shape index (κ3) is 2.73. The molecule has 2 fully saturated rings. The van der Waals surface area contributed by atoms with E-state index < -0.39 is 0 Å². The van der Waals surface area contributed by atoms with Crippen LogP contribution >= 0.6 is 0 Å². The molecule has 2 heterocycles. The summed E-state index contributed by atoms with van der Waals surface area (Å²) in [6.07, 6.45) is 5.71. The number of carbonyl (C=O) groups is 2. The van der Waals surface area contributed by atoms with Crippen molar-refractivity contribution < 1.29 is 9.59 Å². The first-order valence-corrected chi connectivity index (χ1v) is 8.28. The van der Waals surface area contributed by atoms with Crippen LogP contribution in [0, 0.1) is 0 Å². The van der Waals surface area contributed by atoms with Crippen molar-refractivity contribution in [1.82, 2.24) is 14.7 Å². The van der Waals surface area contributed by atoms with Crippen LogP contribution < -0.4 is 4.90 Å². The summed E-state index contributed by atoms with van der Waals surface area (Å²) in [5.74, 6) is -0.271. The largest absolute Gasteiger partial charge is 0.284 e. The van der Waals surface area contributed by atoms with E-state index in [-0.39, 0.29) is 24.3 Å². The van der Waals surface area contributed by atoms with Gasteiger partial charge in [0, 0.05) is 25.8 Å². The lowest BCUT2D eigenvalue weighted by atomic mass is 10.1. The summed E-state index contributed by atoms with van der Waals surface area (Å²) in [5.41, 5.74) is 1.73. The van der Waals surface area contributed by atoms with Crippen molar-refractivity contribution in [3.63, 3.8) is 0 Å². The number of hydrogen-bond acceptors (Lipinski definition) is 4. The number of aryl methyl sites for hydroxylation is 1. The highest BCUT2D eigenvalue weighted by Gasteiger charge is 2.46. The molecule has 0 radical (unpaired) electrons. The van der Waals surface area contributed by atoms with Gasteiger partial charge in [-0.15, -0.1) is 0 Å². The number of benzene rings is 1. The zero-order valence-corrected chi connectivity index (χ0v) is 13.6. The summed E-state index contributed by atoms with van der Waals surface area (Å²) < 4.78 is 1.60. The van der Waals surface area contributed by atoms with Crippen LogP contribution in [-0.4, -0.2) is 38.6 Å². The Balaban J connectivity index is 1.58. The van der Waals surface area contributed by atoms with Crippen molar-refractivity contribution in [3.05, 3.63) is 48.3 Å². The van der Waals surface area contributed by atoms with Gasteiger partial charge in [0.2, 0.25) is 5.91 Å². The molecule has 1 atom stereocenters. The molecule has 6 heteroatoms. The Morgan fingerprint density at radius 1 is 1.21 bits per heavy atom. The minimum atomic E-state index is -0.370. The molecule has 2 aromatic rings. The first kappa shape index (κ1) is 15.1. The summed E-state index contributed by atoms with van der Waals surface area (Å²) >= 11 is 0. The number of hydrogen-bond donors (Lipinski definition) is 0. The zero-order valence-electron chi connectivity index (χ0n) is 13.6. The standard InChI is InChI=1S/C18H20N4O2/c1-20-12-15(10-19-20)22-17(23)9-16(18(22)24)21(14-7-8-14)11-13-5-3-2-4-6-13/h2-6,10,12,14,16H,7-9,11H2,1H3/t16-/m0/s1. The third-order valence-electron chi connectivity index (χ3n) is 4.70. The van der Waals surface area contributed by atoms with E-state index in [1.807, 2.05) is 18.2 Å². The van der Waals surface area contributed by atoms with Crippen molar-refractivity contribution in [1.29, 1.82) is 0 Å². The normalized spacial score (nSPS) is 21.1. The molecule has 4 rings (SSSR count). The molecule has 1 aromatic carbocycles. The minimum absolute atomic E-state index is 0.129. The second-order valence-electron chi connectivity index (χ2n) is 6.55. The molecule has 2 amide bonds. The summed E-state index contributed by atoms with van der Waals surface area (Å²) in [7, 11) is 1.78. The third-order valence-corrected chi connectivity index (χ3v) is 4.70. The van der Waals surface area contributed by atoms with Crippen LogP contribution in [0.2, 0.25) is 0 Å². The molecular weight excluding hydrogens is 304 g/mol. The Kier molecular flexibility index (Phi) is 3.69. The topological polar surface area (TPSA) is 58.4 Å². The number of amides is 2. The molecule has 0 unspecified atom stereocenters. The second kappa shape index (κ2) is 5.87. The lowest BCUT2D eigenvalue weighted by molar-refractivity contribution is -0.123. The van der Waals surface area contributed by atoms with Crippen molar-refractivity contribution >= 4 is 17.5 Å². The maximum atomic E-state index is 12.9. The molecule has 1 aliphatic carbocycles. The molecule has 0 spiro atoms. The molecule has 1 saturated heterocycles. The first-order valence-electron chi connectivity index (χ1n) is 8.28. The Morgan fingerprint density at radius 2 is 1.96 bits per heavy atom. The van der Waals surface area contributed by atoms with E-state index in [1.165, 1.54) is 10.5 Å². The second-order valence-corrected chi connectivity index (χ2v) is 6.55. The quantitative estimate of drug-likeness (QED) is 0.786. The van der Waals surface area contributed by atoms with Crippen molar-refractivity contribution in [2.75, 3.05) is 4.90 Å². The van der Waals surface area contributed by atoms with Crippen molar-refractivity contribution in [2.45, 2.75) is 37.9 Å². The Labute approximate surface area is 140 Å². The summed E-state index contributed by atoms with van der Waals surface area (Å²) in [4.78, 5) is 28.9. The highest BCUT2D eigenvalue weighted by Crippen LogP contribution is 2.35. The van der Waals surface area contributed by atoms with Gasteiger partial charge in [-0.1, -0.05) is 30.3 Å². The van der Waals surface area contributed by atoms with Gasteiger partial charge in [0.05, 0.1) is 24.3 Å². The van der Waals surface area contributed by atoms with Gasteiger partial charge in [-0.05, 0) is 18.4 Å². The smallest absolute Gasteiger partial charge is 0.251 e. The van der Waals surface area contributed by atoms with Gasteiger partial charge in [-0.2, -0.15) is 5.10 Å². The molecule has 1 aromatic heterocycles. The predicted molar refractivity (Wildman–Crippen MR) is 89.1 cm³/mol. The van der Waals surface area contributed by atoms with Crippen LogP contribution in [0.5, 0.6) is 0 Å². The van der Waals surface area contributed by atoms with E-state index >= 15 is 0 Å². The molecule has 0 bridgehead atoms. The monoisotopic (exact) mass is 324 g/mol.